The Morgan fingerprint density at radius 1 is 1.17 bits per heavy atom. The Morgan fingerprint density at radius 3 is 2.50 bits per heavy atom. The van der Waals surface area contributed by atoms with Crippen molar-refractivity contribution in [3.8, 4) is 0 Å². The molecule has 72 valence electrons. The lowest BCUT2D eigenvalue weighted by molar-refractivity contribution is 0.291. The summed E-state index contributed by atoms with van der Waals surface area (Å²) in [5.41, 5.74) is 0. The Balaban J connectivity index is 2.48. The summed E-state index contributed by atoms with van der Waals surface area (Å²) in [5.74, 6) is 0. The molecule has 0 N–H and O–H groups in total. The third-order valence-corrected chi connectivity index (χ3v) is 13.9. The van der Waals surface area contributed by atoms with E-state index in [1.165, 1.54) is 0 Å². The molecule has 8 heteroatoms. The fraction of sp³-hybridized carbons (Fsp3) is 1.00. The molecule has 1 rings (SSSR count). The average molecular weight is 241 g/mol. The van der Waals surface area contributed by atoms with Crippen LogP contribution < -0.4 is 0 Å². The second-order valence-electron chi connectivity index (χ2n) is 3.22. The minimum absolute atomic E-state index is 0.827. The smallest absolute Gasteiger partial charge is 0.313 e. The van der Waals surface area contributed by atoms with Crippen molar-refractivity contribution in [3.05, 3.63) is 0 Å². The van der Waals surface area contributed by atoms with Gasteiger partial charge in [-0.25, -0.2) is 0 Å². The molecule has 2 unspecified atom stereocenters. The lowest BCUT2D eigenvalue weighted by Gasteiger charge is -2.31. The molecule has 1 heterocycles. The van der Waals surface area contributed by atoms with Gasteiger partial charge < -0.3 is 16.5 Å². The van der Waals surface area contributed by atoms with E-state index in [1.54, 1.807) is 0 Å². The summed E-state index contributed by atoms with van der Waals surface area (Å²) in [6, 6.07) is 0. The molecule has 0 radical (unpaired) electrons. The summed E-state index contributed by atoms with van der Waals surface area (Å²) >= 11 is 0. The van der Waals surface area contributed by atoms with Crippen molar-refractivity contribution in [3.63, 3.8) is 0 Å². The lowest BCUT2D eigenvalue weighted by atomic mass is 11.9. The first-order valence-electron chi connectivity index (χ1n) is 4.08. The van der Waals surface area contributed by atoms with Crippen LogP contribution in [0.25, 0.3) is 0 Å². The minimum atomic E-state index is -1.87. The fourth-order valence-electron chi connectivity index (χ4n) is 1.04. The predicted octanol–water partition coefficient (Wildman–Crippen LogP) is -0.532. The van der Waals surface area contributed by atoms with Gasteiger partial charge >= 0.3 is 8.56 Å². The van der Waals surface area contributed by atoms with Crippen LogP contribution >= 0.6 is 0 Å². The highest BCUT2D eigenvalue weighted by Crippen LogP contribution is 2.11. The molecule has 12 heavy (non-hydrogen) atoms. The molecule has 0 amide bonds. The van der Waals surface area contributed by atoms with Crippen LogP contribution in [0, 0.1) is 0 Å². The zero-order chi connectivity index (χ0) is 9.19. The van der Waals surface area contributed by atoms with Crippen LogP contribution in [0.3, 0.4) is 0 Å². The van der Waals surface area contributed by atoms with Crippen LogP contribution in [-0.4, -0.2) is 37.1 Å². The molecule has 0 spiro atoms. The molecular weight excluding hydrogens is 224 g/mol. The average Bonchev–Trinajstić information content (AvgIpc) is 1.81. The topological polar surface area (TPSA) is 36.9 Å². The summed E-state index contributed by atoms with van der Waals surface area (Å²) in [7, 11) is -5.54. The van der Waals surface area contributed by atoms with E-state index in [4.69, 9.17) is 16.5 Å². The van der Waals surface area contributed by atoms with Gasteiger partial charge in [0.1, 0.15) is 0 Å². The zero-order valence-corrected chi connectivity index (χ0v) is 12.7. The van der Waals surface area contributed by atoms with Crippen LogP contribution in [0.5, 0.6) is 0 Å². The highest BCUT2D eigenvalue weighted by molar-refractivity contribution is 6.77. The molecule has 0 aliphatic carbocycles. The summed E-state index contributed by atoms with van der Waals surface area (Å²) in [4.78, 5) is 0. The molecule has 0 aromatic rings. The number of hydrogen-bond donors (Lipinski definition) is 0. The summed E-state index contributed by atoms with van der Waals surface area (Å²) < 4.78 is 22.6. The molecule has 2 atom stereocenters. The zero-order valence-electron chi connectivity index (χ0n) is 7.99. The first kappa shape index (κ1) is 10.8. The van der Waals surface area contributed by atoms with Crippen molar-refractivity contribution in [2.45, 2.75) is 26.2 Å². The Hall–Kier alpha value is 0.708. The van der Waals surface area contributed by atoms with Gasteiger partial charge in [0.2, 0.25) is 0 Å². The molecule has 0 saturated carbocycles. The quantitative estimate of drug-likeness (QED) is 0.534. The van der Waals surface area contributed by atoms with E-state index in [9.17, 15) is 0 Å². The van der Waals surface area contributed by atoms with Gasteiger partial charge in [0.15, 0.2) is 0 Å². The maximum Gasteiger partial charge on any atom is 0.313 e. The van der Waals surface area contributed by atoms with E-state index < -0.39 is 37.1 Å². The van der Waals surface area contributed by atoms with Gasteiger partial charge in [-0.1, -0.05) is 0 Å². The molecule has 1 aliphatic heterocycles. The Labute approximate surface area is 80.2 Å². The summed E-state index contributed by atoms with van der Waals surface area (Å²) in [6.45, 7) is 8.17. The van der Waals surface area contributed by atoms with Crippen molar-refractivity contribution >= 4 is 37.1 Å². The van der Waals surface area contributed by atoms with E-state index in [0.717, 1.165) is 0 Å². The van der Waals surface area contributed by atoms with E-state index in [-0.39, 0.29) is 0 Å². The van der Waals surface area contributed by atoms with Gasteiger partial charge in [-0.05, 0) is 26.2 Å². The van der Waals surface area contributed by atoms with E-state index in [1.807, 2.05) is 26.2 Å². The standard InChI is InChI=1S/C4H16O4Si4/c1-10-5-9-6-12(3,4)8-11(2)7-10/h10-11H,9H2,1-4H3. The predicted molar refractivity (Wildman–Crippen MR) is 56.4 cm³/mol. The lowest BCUT2D eigenvalue weighted by Crippen LogP contribution is -2.47. The monoisotopic (exact) mass is 240 g/mol. The van der Waals surface area contributed by atoms with E-state index in [0.29, 0.717) is 0 Å². The molecule has 1 aliphatic rings. The van der Waals surface area contributed by atoms with Gasteiger partial charge in [-0.15, -0.1) is 0 Å². The van der Waals surface area contributed by atoms with Gasteiger partial charge in [-0.2, -0.15) is 0 Å². The van der Waals surface area contributed by atoms with E-state index in [2.05, 4.69) is 0 Å². The molecule has 1 fully saturated rings. The second kappa shape index (κ2) is 4.28. The third kappa shape index (κ3) is 3.61. The fourth-order valence-corrected chi connectivity index (χ4v) is 11.8. The largest absolute Gasteiger partial charge is 0.423 e. The highest BCUT2D eigenvalue weighted by atomic mass is 28.5. The van der Waals surface area contributed by atoms with Gasteiger partial charge in [0.05, 0.1) is 0 Å². The van der Waals surface area contributed by atoms with Crippen molar-refractivity contribution in [2.24, 2.45) is 0 Å². The highest BCUT2D eigenvalue weighted by Gasteiger charge is 2.31. The van der Waals surface area contributed by atoms with Crippen molar-refractivity contribution in [2.75, 3.05) is 0 Å². The van der Waals surface area contributed by atoms with Crippen LogP contribution in [-0.2, 0) is 16.5 Å². The van der Waals surface area contributed by atoms with Crippen LogP contribution in [0.2, 0.25) is 26.2 Å². The van der Waals surface area contributed by atoms with Crippen LogP contribution in [0.1, 0.15) is 0 Å². The van der Waals surface area contributed by atoms with Crippen LogP contribution in [0.4, 0.5) is 0 Å². The second-order valence-corrected chi connectivity index (χ2v) is 13.0. The normalized spacial score (nSPS) is 39.0. The van der Waals surface area contributed by atoms with Crippen molar-refractivity contribution in [1.29, 1.82) is 0 Å². The molecular formula is C4H16O4Si4. The van der Waals surface area contributed by atoms with Crippen molar-refractivity contribution in [1.82, 2.24) is 0 Å². The van der Waals surface area contributed by atoms with Crippen molar-refractivity contribution < 1.29 is 16.5 Å². The third-order valence-electron chi connectivity index (χ3n) is 1.54. The summed E-state index contributed by atoms with van der Waals surface area (Å²) in [5, 5.41) is 0. The molecule has 4 nitrogen and oxygen atoms in total. The molecule has 1 saturated heterocycles. The van der Waals surface area contributed by atoms with Crippen LogP contribution in [0.15, 0.2) is 0 Å². The van der Waals surface area contributed by atoms with Gasteiger partial charge in [0.25, 0.3) is 28.6 Å². The minimum Gasteiger partial charge on any atom is -0.423 e. The maximum atomic E-state index is 5.77. The number of rotatable bonds is 0. The maximum absolute atomic E-state index is 5.77. The van der Waals surface area contributed by atoms with E-state index >= 15 is 0 Å². The Kier molecular flexibility index (Phi) is 3.85. The number of hydrogen-bond acceptors (Lipinski definition) is 4. The first-order valence-corrected chi connectivity index (χ1v) is 12.2. The molecule has 0 aromatic heterocycles. The first-order chi connectivity index (χ1) is 5.49. The van der Waals surface area contributed by atoms with Gasteiger partial charge in [-0.3, -0.25) is 0 Å². The summed E-state index contributed by atoms with van der Waals surface area (Å²) in [6.07, 6.45) is 0. The molecule has 0 bridgehead atoms. The Bertz CT molecular complexity index is 154. The Morgan fingerprint density at radius 2 is 1.83 bits per heavy atom. The van der Waals surface area contributed by atoms with Gasteiger partial charge in [0, 0.05) is 0 Å². The molecule has 0 aromatic carbocycles. The SMILES string of the molecule is C[SiH]1O[SiH2]O[Si](C)(C)O[SiH](C)O1.